The van der Waals surface area contributed by atoms with E-state index < -0.39 is 23.4 Å². The lowest BCUT2D eigenvalue weighted by molar-refractivity contribution is -0.137. The molecular formula is C23H27F2N3O2. The van der Waals surface area contributed by atoms with E-state index in [0.29, 0.717) is 0 Å². The van der Waals surface area contributed by atoms with Gasteiger partial charge in [-0.3, -0.25) is 14.5 Å². The summed E-state index contributed by atoms with van der Waals surface area (Å²) in [4.78, 5) is 28.1. The van der Waals surface area contributed by atoms with Gasteiger partial charge in [0.15, 0.2) is 11.6 Å². The van der Waals surface area contributed by atoms with E-state index in [1.54, 1.807) is 0 Å². The van der Waals surface area contributed by atoms with Crippen LogP contribution in [-0.4, -0.2) is 36.9 Å². The highest BCUT2D eigenvalue weighted by atomic mass is 19.2. The summed E-state index contributed by atoms with van der Waals surface area (Å²) in [5.41, 5.74) is 2.18. The van der Waals surface area contributed by atoms with Crippen LogP contribution >= 0.6 is 0 Å². The Morgan fingerprint density at radius 2 is 1.73 bits per heavy atom. The van der Waals surface area contributed by atoms with E-state index >= 15 is 0 Å². The van der Waals surface area contributed by atoms with Crippen LogP contribution in [-0.2, 0) is 22.7 Å². The molecule has 2 aromatic carbocycles. The van der Waals surface area contributed by atoms with Crippen molar-refractivity contribution in [3.8, 4) is 0 Å². The Hall–Kier alpha value is -2.80. The summed E-state index contributed by atoms with van der Waals surface area (Å²) in [5, 5.41) is 2.64. The maximum atomic E-state index is 13.4. The van der Waals surface area contributed by atoms with E-state index in [1.165, 1.54) is 26.0 Å². The molecule has 3 rings (SSSR count). The van der Waals surface area contributed by atoms with E-state index in [2.05, 4.69) is 17.1 Å². The molecular weight excluding hydrogens is 388 g/mol. The first-order valence-corrected chi connectivity index (χ1v) is 10.1. The van der Waals surface area contributed by atoms with Crippen LogP contribution in [0.3, 0.4) is 0 Å². The first-order valence-electron chi connectivity index (χ1n) is 10.1. The van der Waals surface area contributed by atoms with Crippen molar-refractivity contribution < 1.29 is 18.4 Å². The molecule has 0 radical (unpaired) electrons. The van der Waals surface area contributed by atoms with Crippen molar-refractivity contribution in [3.63, 3.8) is 0 Å². The standard InChI is InChI=1S/C23H27F2N3O2/c1-16-9-11-28(12-10-16)15-18-6-4-3-5-17(18)14-26-22(29)23(30)27(2)19-7-8-20(24)21(25)13-19/h3-8,13,16H,9-12,14-15H2,1-2H3,(H,26,29). The van der Waals surface area contributed by atoms with Gasteiger partial charge in [0.05, 0.1) is 0 Å². The number of carbonyl (C=O) groups excluding carboxylic acids is 2. The zero-order valence-corrected chi connectivity index (χ0v) is 17.3. The van der Waals surface area contributed by atoms with Crippen LogP contribution in [0.1, 0.15) is 30.9 Å². The maximum Gasteiger partial charge on any atom is 0.316 e. The third-order valence-corrected chi connectivity index (χ3v) is 5.62. The predicted octanol–water partition coefficient (Wildman–Crippen LogP) is 3.48. The number of hydrogen-bond acceptors (Lipinski definition) is 3. The Bertz CT molecular complexity index is 911. The Kier molecular flexibility index (Phi) is 7.15. The second kappa shape index (κ2) is 9.80. The lowest BCUT2D eigenvalue weighted by Gasteiger charge is -2.30. The van der Waals surface area contributed by atoms with Gasteiger partial charge in [-0.1, -0.05) is 31.2 Å². The van der Waals surface area contributed by atoms with Gasteiger partial charge in [-0.05, 0) is 55.1 Å². The summed E-state index contributed by atoms with van der Waals surface area (Å²) in [6, 6.07) is 10.9. The monoisotopic (exact) mass is 415 g/mol. The van der Waals surface area contributed by atoms with Crippen LogP contribution in [0, 0.1) is 17.6 Å². The fourth-order valence-electron chi connectivity index (χ4n) is 3.56. The van der Waals surface area contributed by atoms with Gasteiger partial charge in [0.1, 0.15) is 0 Å². The molecule has 1 N–H and O–H groups in total. The minimum atomic E-state index is -1.08. The summed E-state index contributed by atoms with van der Waals surface area (Å²) in [6.07, 6.45) is 2.37. The quantitative estimate of drug-likeness (QED) is 0.761. The molecule has 1 heterocycles. The number of hydrogen-bond donors (Lipinski definition) is 1. The molecule has 0 aromatic heterocycles. The average molecular weight is 415 g/mol. The van der Waals surface area contributed by atoms with Gasteiger partial charge in [-0.2, -0.15) is 0 Å². The fourth-order valence-corrected chi connectivity index (χ4v) is 3.56. The van der Waals surface area contributed by atoms with Crippen LogP contribution in [0.4, 0.5) is 14.5 Å². The molecule has 1 aliphatic heterocycles. The Morgan fingerprint density at radius 3 is 2.40 bits per heavy atom. The summed E-state index contributed by atoms with van der Waals surface area (Å²) < 4.78 is 26.5. The molecule has 2 aromatic rings. The van der Waals surface area contributed by atoms with Crippen molar-refractivity contribution in [2.75, 3.05) is 25.0 Å². The normalized spacial score (nSPS) is 15.1. The summed E-state index contributed by atoms with van der Waals surface area (Å²) in [7, 11) is 1.35. The topological polar surface area (TPSA) is 52.7 Å². The van der Waals surface area contributed by atoms with Crippen LogP contribution < -0.4 is 10.2 Å². The molecule has 0 aliphatic carbocycles. The molecule has 160 valence electrons. The second-order valence-corrected chi connectivity index (χ2v) is 7.87. The lowest BCUT2D eigenvalue weighted by Crippen LogP contribution is -2.41. The number of nitrogens with one attached hydrogen (secondary N) is 1. The van der Waals surface area contributed by atoms with Gasteiger partial charge in [0, 0.05) is 31.9 Å². The van der Waals surface area contributed by atoms with Crippen molar-refractivity contribution in [2.24, 2.45) is 5.92 Å². The molecule has 0 saturated carbocycles. The third-order valence-electron chi connectivity index (χ3n) is 5.62. The number of benzene rings is 2. The molecule has 30 heavy (non-hydrogen) atoms. The van der Waals surface area contributed by atoms with Crippen LogP contribution in [0.15, 0.2) is 42.5 Å². The van der Waals surface area contributed by atoms with Crippen LogP contribution in [0.5, 0.6) is 0 Å². The molecule has 0 unspecified atom stereocenters. The maximum absolute atomic E-state index is 13.4. The summed E-state index contributed by atoms with van der Waals surface area (Å²) in [6.45, 7) is 5.41. The number of halogens is 2. The van der Waals surface area contributed by atoms with Gasteiger partial charge in [0.2, 0.25) is 0 Å². The average Bonchev–Trinajstić information content (AvgIpc) is 2.75. The molecule has 2 amide bonds. The molecule has 1 aliphatic rings. The first-order chi connectivity index (χ1) is 14.3. The zero-order chi connectivity index (χ0) is 21.7. The molecule has 1 saturated heterocycles. The van der Waals surface area contributed by atoms with Crippen molar-refractivity contribution in [3.05, 3.63) is 65.2 Å². The van der Waals surface area contributed by atoms with E-state index in [9.17, 15) is 18.4 Å². The molecule has 0 spiro atoms. The fraction of sp³-hybridized carbons (Fsp3) is 0.391. The smallest absolute Gasteiger partial charge is 0.316 e. The Morgan fingerprint density at radius 1 is 1.07 bits per heavy atom. The van der Waals surface area contributed by atoms with E-state index in [1.807, 2.05) is 24.3 Å². The highest BCUT2D eigenvalue weighted by molar-refractivity contribution is 6.40. The highest BCUT2D eigenvalue weighted by Crippen LogP contribution is 2.20. The summed E-state index contributed by atoms with van der Waals surface area (Å²) in [5.74, 6) is -2.97. The molecule has 0 bridgehead atoms. The van der Waals surface area contributed by atoms with Crippen molar-refractivity contribution in [1.29, 1.82) is 0 Å². The van der Waals surface area contributed by atoms with Crippen molar-refractivity contribution in [1.82, 2.24) is 10.2 Å². The molecule has 7 heteroatoms. The summed E-state index contributed by atoms with van der Waals surface area (Å²) >= 11 is 0. The number of amides is 2. The molecule has 0 atom stereocenters. The van der Waals surface area contributed by atoms with Gasteiger partial charge in [0.25, 0.3) is 0 Å². The molecule has 1 fully saturated rings. The number of rotatable bonds is 5. The van der Waals surface area contributed by atoms with Crippen molar-refractivity contribution in [2.45, 2.75) is 32.9 Å². The number of piperidine rings is 1. The molecule has 5 nitrogen and oxygen atoms in total. The van der Waals surface area contributed by atoms with Crippen molar-refractivity contribution >= 4 is 17.5 Å². The van der Waals surface area contributed by atoms with E-state index in [0.717, 1.165) is 53.7 Å². The van der Waals surface area contributed by atoms with Crippen LogP contribution in [0.25, 0.3) is 0 Å². The Balaban J connectivity index is 1.60. The van der Waals surface area contributed by atoms with E-state index in [-0.39, 0.29) is 12.2 Å². The van der Waals surface area contributed by atoms with E-state index in [4.69, 9.17) is 0 Å². The largest absolute Gasteiger partial charge is 0.344 e. The highest BCUT2D eigenvalue weighted by Gasteiger charge is 2.21. The first kappa shape index (κ1) is 21.9. The lowest BCUT2D eigenvalue weighted by atomic mass is 9.98. The second-order valence-electron chi connectivity index (χ2n) is 7.87. The number of likely N-dealkylation sites (N-methyl/N-ethyl adjacent to an activating group) is 1. The number of carbonyl (C=O) groups is 2. The number of likely N-dealkylation sites (tertiary alicyclic amines) is 1. The zero-order valence-electron chi connectivity index (χ0n) is 17.3. The van der Waals surface area contributed by atoms with Gasteiger partial charge >= 0.3 is 11.8 Å². The van der Waals surface area contributed by atoms with Gasteiger partial charge in [-0.25, -0.2) is 8.78 Å². The SMILES string of the molecule is CC1CCN(Cc2ccccc2CNC(=O)C(=O)N(C)c2ccc(F)c(F)c2)CC1. The van der Waals surface area contributed by atoms with Gasteiger partial charge in [-0.15, -0.1) is 0 Å². The minimum Gasteiger partial charge on any atom is -0.344 e. The Labute approximate surface area is 175 Å². The van der Waals surface area contributed by atoms with Crippen LogP contribution in [0.2, 0.25) is 0 Å². The third kappa shape index (κ3) is 5.42. The van der Waals surface area contributed by atoms with Gasteiger partial charge < -0.3 is 10.2 Å². The minimum absolute atomic E-state index is 0.105. The number of anilines is 1. The number of nitrogens with zero attached hydrogens (tertiary/aromatic N) is 2. The predicted molar refractivity (Wildman–Crippen MR) is 112 cm³/mol.